The fourth-order valence-corrected chi connectivity index (χ4v) is 5.33. The Balaban J connectivity index is 0.000000375. The topological polar surface area (TPSA) is 116 Å². The van der Waals surface area contributed by atoms with E-state index in [-0.39, 0.29) is 0 Å². The molecule has 188 valence electrons. The summed E-state index contributed by atoms with van der Waals surface area (Å²) in [6.45, 7) is 2.77. The number of nitrogens with two attached hydrogens (primary N) is 1. The third-order valence-corrected chi connectivity index (χ3v) is 7.34. The zero-order valence-corrected chi connectivity index (χ0v) is 21.4. The lowest BCUT2D eigenvalue weighted by atomic mass is 9.89. The number of methoxy groups -OCH3 is 1. The molecule has 0 unspecified atom stereocenters. The van der Waals surface area contributed by atoms with Crippen LogP contribution in [0.25, 0.3) is 22.0 Å². The molecule has 1 aromatic carbocycles. The fourth-order valence-electron chi connectivity index (χ4n) is 4.51. The third-order valence-electron chi connectivity index (χ3n) is 6.45. The molecule has 1 aliphatic rings. The largest absolute Gasteiger partial charge is 0.497 e. The fraction of sp³-hybridized carbons (Fsp3) is 0.333. The molecule has 3 aromatic heterocycles. The van der Waals surface area contributed by atoms with Crippen LogP contribution in [0.5, 0.6) is 5.75 Å². The highest BCUT2D eigenvalue weighted by molar-refractivity contribution is 7.13. The highest BCUT2D eigenvalue weighted by atomic mass is 32.1. The Morgan fingerprint density at radius 1 is 1.17 bits per heavy atom. The molecule has 4 aromatic rings. The summed E-state index contributed by atoms with van der Waals surface area (Å²) in [5.74, 6) is 0.864. The van der Waals surface area contributed by atoms with Crippen LogP contribution in [0, 0.1) is 12.8 Å². The van der Waals surface area contributed by atoms with E-state index in [1.54, 1.807) is 43.0 Å². The van der Waals surface area contributed by atoms with E-state index in [9.17, 15) is 9.90 Å². The molecule has 0 spiro atoms. The van der Waals surface area contributed by atoms with Crippen LogP contribution < -0.4 is 10.5 Å². The summed E-state index contributed by atoms with van der Waals surface area (Å²) < 4.78 is 7.40. The zero-order valence-electron chi connectivity index (χ0n) is 20.6. The summed E-state index contributed by atoms with van der Waals surface area (Å²) in [4.78, 5) is 23.9. The Morgan fingerprint density at radius 2 is 1.86 bits per heavy atom. The average Bonchev–Trinajstić information content (AvgIpc) is 3.51. The van der Waals surface area contributed by atoms with Crippen LogP contribution >= 0.6 is 11.3 Å². The third kappa shape index (κ3) is 6.09. The van der Waals surface area contributed by atoms with E-state index in [0.29, 0.717) is 17.4 Å². The smallest absolute Gasteiger partial charge is 0.337 e. The van der Waals surface area contributed by atoms with Crippen molar-refractivity contribution in [1.82, 2.24) is 19.5 Å². The standard InChI is InChI=1S/C23H26N2O3S.C4H5N3/c1-15-19(23(26)27)12-21(25(15)13-16-6-4-3-5-7-16)20-14-29-22(24-20)17-8-10-18(28-2)11-9-17;5-4-6-2-1-3-7-4/h8-12,14,16H,3-7,13H2,1-2H3,(H,26,27);1-3H,(H2,5,6,7). The minimum Gasteiger partial charge on any atom is -0.497 e. The molecule has 0 radical (unpaired) electrons. The van der Waals surface area contributed by atoms with Crippen molar-refractivity contribution in [2.75, 3.05) is 12.8 Å². The van der Waals surface area contributed by atoms with Gasteiger partial charge in [-0.3, -0.25) is 0 Å². The monoisotopic (exact) mass is 505 g/mol. The number of nitrogen functional groups attached to an aromatic ring is 1. The van der Waals surface area contributed by atoms with E-state index < -0.39 is 5.97 Å². The van der Waals surface area contributed by atoms with E-state index in [2.05, 4.69) is 14.5 Å². The summed E-state index contributed by atoms with van der Waals surface area (Å²) in [6.07, 6.45) is 9.48. The minimum absolute atomic E-state index is 0.322. The second kappa shape index (κ2) is 11.8. The molecular formula is C27H31N5O3S. The van der Waals surface area contributed by atoms with Gasteiger partial charge in [-0.25, -0.2) is 19.7 Å². The molecule has 8 nitrogen and oxygen atoms in total. The molecular weight excluding hydrogens is 474 g/mol. The number of benzene rings is 1. The Morgan fingerprint density at radius 3 is 2.44 bits per heavy atom. The lowest BCUT2D eigenvalue weighted by molar-refractivity contribution is 0.0696. The highest BCUT2D eigenvalue weighted by Gasteiger charge is 2.23. The number of rotatable bonds is 6. The maximum absolute atomic E-state index is 11.8. The first-order valence-electron chi connectivity index (χ1n) is 12.0. The van der Waals surface area contributed by atoms with E-state index in [4.69, 9.17) is 15.5 Å². The molecule has 3 heterocycles. The lowest BCUT2D eigenvalue weighted by Gasteiger charge is -2.24. The second-order valence-corrected chi connectivity index (χ2v) is 9.68. The summed E-state index contributed by atoms with van der Waals surface area (Å²) in [6, 6.07) is 11.3. The van der Waals surface area contributed by atoms with Crippen molar-refractivity contribution in [2.45, 2.75) is 45.6 Å². The van der Waals surface area contributed by atoms with E-state index in [1.807, 2.05) is 36.6 Å². The molecule has 0 aliphatic heterocycles. The molecule has 9 heteroatoms. The lowest BCUT2D eigenvalue weighted by Crippen LogP contribution is -2.16. The predicted octanol–water partition coefficient (Wildman–Crippen LogP) is 5.93. The van der Waals surface area contributed by atoms with Crippen LogP contribution in [0.15, 0.2) is 54.2 Å². The van der Waals surface area contributed by atoms with Gasteiger partial charge in [0, 0.05) is 35.6 Å². The number of carboxylic acid groups (broad SMARTS) is 1. The van der Waals surface area contributed by atoms with Gasteiger partial charge in [0.05, 0.1) is 24.1 Å². The van der Waals surface area contributed by atoms with Gasteiger partial charge in [0.15, 0.2) is 0 Å². The number of aromatic nitrogens is 4. The van der Waals surface area contributed by atoms with Crippen LogP contribution in [0.2, 0.25) is 0 Å². The molecule has 1 saturated carbocycles. The van der Waals surface area contributed by atoms with Gasteiger partial charge in [-0.1, -0.05) is 19.3 Å². The number of ether oxygens (including phenoxy) is 1. The van der Waals surface area contributed by atoms with Crippen LogP contribution in [0.1, 0.15) is 48.2 Å². The maximum atomic E-state index is 11.8. The van der Waals surface area contributed by atoms with Crippen molar-refractivity contribution in [2.24, 2.45) is 5.92 Å². The number of carboxylic acids is 1. The summed E-state index contributed by atoms with van der Waals surface area (Å²) in [5.41, 5.74) is 9.10. The van der Waals surface area contributed by atoms with Gasteiger partial charge < -0.3 is 20.1 Å². The quantitative estimate of drug-likeness (QED) is 0.333. The number of aromatic carboxylic acids is 1. The van der Waals surface area contributed by atoms with Crippen molar-refractivity contribution in [3.63, 3.8) is 0 Å². The van der Waals surface area contributed by atoms with E-state index in [0.717, 1.165) is 39.9 Å². The van der Waals surface area contributed by atoms with Gasteiger partial charge in [-0.05, 0) is 62.1 Å². The van der Waals surface area contributed by atoms with Crippen LogP contribution in [0.4, 0.5) is 5.95 Å². The van der Waals surface area contributed by atoms with Crippen molar-refractivity contribution < 1.29 is 14.6 Å². The van der Waals surface area contributed by atoms with Gasteiger partial charge in [-0.15, -0.1) is 11.3 Å². The Kier molecular flexibility index (Phi) is 8.32. The molecule has 0 bridgehead atoms. The Bertz CT molecular complexity index is 1280. The number of nitrogens with zero attached hydrogens (tertiary/aromatic N) is 4. The molecule has 3 N–H and O–H groups in total. The molecule has 0 saturated heterocycles. The first-order valence-corrected chi connectivity index (χ1v) is 12.9. The molecule has 0 amide bonds. The highest BCUT2D eigenvalue weighted by Crippen LogP contribution is 2.34. The number of thiazole rings is 1. The van der Waals surface area contributed by atoms with Crippen LogP contribution in [-0.4, -0.2) is 37.7 Å². The first kappa shape index (κ1) is 25.4. The number of anilines is 1. The van der Waals surface area contributed by atoms with E-state index in [1.165, 1.54) is 32.1 Å². The summed E-state index contributed by atoms with van der Waals surface area (Å²) in [5, 5.41) is 12.6. The maximum Gasteiger partial charge on any atom is 0.337 e. The van der Waals surface area contributed by atoms with Crippen molar-refractivity contribution in [3.05, 3.63) is 65.4 Å². The molecule has 5 rings (SSSR count). The summed E-state index contributed by atoms with van der Waals surface area (Å²) >= 11 is 1.58. The van der Waals surface area contributed by atoms with Gasteiger partial charge >= 0.3 is 5.97 Å². The molecule has 1 fully saturated rings. The number of hydrogen-bond donors (Lipinski definition) is 2. The number of hydrogen-bond acceptors (Lipinski definition) is 7. The normalized spacial score (nSPS) is 13.6. The predicted molar refractivity (Wildman–Crippen MR) is 142 cm³/mol. The van der Waals surface area contributed by atoms with Gasteiger partial charge in [0.1, 0.15) is 10.8 Å². The van der Waals surface area contributed by atoms with Crippen molar-refractivity contribution >= 4 is 23.3 Å². The zero-order chi connectivity index (χ0) is 25.5. The van der Waals surface area contributed by atoms with Crippen LogP contribution in [0.3, 0.4) is 0 Å². The van der Waals surface area contributed by atoms with Crippen molar-refractivity contribution in [1.29, 1.82) is 0 Å². The first-order chi connectivity index (χ1) is 17.5. The molecule has 36 heavy (non-hydrogen) atoms. The van der Waals surface area contributed by atoms with Crippen molar-refractivity contribution in [3.8, 4) is 27.7 Å². The molecule has 0 atom stereocenters. The Hall–Kier alpha value is -3.72. The van der Waals surface area contributed by atoms with Gasteiger partial charge in [0.2, 0.25) is 5.95 Å². The Labute approximate surface area is 214 Å². The van der Waals surface area contributed by atoms with Crippen LogP contribution in [-0.2, 0) is 6.54 Å². The van der Waals surface area contributed by atoms with Gasteiger partial charge in [-0.2, -0.15) is 0 Å². The second-order valence-electron chi connectivity index (χ2n) is 8.82. The minimum atomic E-state index is -0.878. The summed E-state index contributed by atoms with van der Waals surface area (Å²) in [7, 11) is 1.65. The average molecular weight is 506 g/mol. The van der Waals surface area contributed by atoms with E-state index >= 15 is 0 Å². The van der Waals surface area contributed by atoms with Gasteiger partial charge in [0.25, 0.3) is 0 Å². The SMILES string of the molecule is COc1ccc(-c2nc(-c3cc(C(=O)O)c(C)n3CC3CCCCC3)cs2)cc1.Nc1ncccn1. The number of carbonyl (C=O) groups is 1. The molecule has 1 aliphatic carbocycles.